The van der Waals surface area contributed by atoms with Crippen molar-refractivity contribution in [1.82, 2.24) is 9.78 Å². The van der Waals surface area contributed by atoms with Crippen LogP contribution in [0.25, 0.3) is 0 Å². The third kappa shape index (κ3) is 2.77. The van der Waals surface area contributed by atoms with Gasteiger partial charge in [-0.15, -0.1) is 0 Å². The first-order chi connectivity index (χ1) is 9.22. The van der Waals surface area contributed by atoms with E-state index in [0.717, 1.165) is 5.56 Å². The van der Waals surface area contributed by atoms with Crippen molar-refractivity contribution < 1.29 is 8.42 Å². The Morgan fingerprint density at radius 2 is 1.90 bits per heavy atom. The van der Waals surface area contributed by atoms with Crippen LogP contribution in [0.2, 0.25) is 10.2 Å². The van der Waals surface area contributed by atoms with Gasteiger partial charge in [-0.25, -0.2) is 8.42 Å². The highest BCUT2D eigenvalue weighted by Crippen LogP contribution is 2.28. The number of aryl methyl sites for hydroxylation is 3. The number of hydrogen-bond acceptors (Lipinski definition) is 3. The fourth-order valence-corrected chi connectivity index (χ4v) is 3.96. The predicted octanol–water partition coefficient (Wildman–Crippen LogP) is 3.14. The molecule has 0 bridgehead atoms. The molecule has 0 saturated carbocycles. The third-order valence-corrected chi connectivity index (χ3v) is 5.10. The van der Waals surface area contributed by atoms with Crippen molar-refractivity contribution in [3.63, 3.8) is 0 Å². The Morgan fingerprint density at radius 3 is 2.40 bits per heavy atom. The molecule has 0 saturated heterocycles. The second-order valence-electron chi connectivity index (χ2n) is 4.39. The Kier molecular flexibility index (Phi) is 4.00. The summed E-state index contributed by atoms with van der Waals surface area (Å²) < 4.78 is 28.6. The summed E-state index contributed by atoms with van der Waals surface area (Å²) in [6.07, 6.45) is 0. The van der Waals surface area contributed by atoms with Gasteiger partial charge in [0.15, 0.2) is 0 Å². The van der Waals surface area contributed by atoms with E-state index in [1.165, 1.54) is 4.68 Å². The smallest absolute Gasteiger partial charge is 0.266 e. The maximum absolute atomic E-state index is 12.4. The summed E-state index contributed by atoms with van der Waals surface area (Å²) in [6, 6.07) is 4.90. The number of hydrogen-bond donors (Lipinski definition) is 1. The van der Waals surface area contributed by atoms with E-state index in [-0.39, 0.29) is 10.0 Å². The number of sulfonamides is 1. The van der Waals surface area contributed by atoms with Gasteiger partial charge in [-0.05, 0) is 37.6 Å². The van der Waals surface area contributed by atoms with E-state index in [2.05, 4.69) is 9.82 Å². The van der Waals surface area contributed by atoms with Gasteiger partial charge in [0.1, 0.15) is 10.0 Å². The number of nitrogens with zero attached hydrogens (tertiary/aromatic N) is 2. The minimum Gasteiger partial charge on any atom is -0.279 e. The van der Waals surface area contributed by atoms with Crippen molar-refractivity contribution in [3.05, 3.63) is 39.6 Å². The Balaban J connectivity index is 2.46. The van der Waals surface area contributed by atoms with Gasteiger partial charge in [-0.3, -0.25) is 9.40 Å². The molecule has 0 spiro atoms. The van der Waals surface area contributed by atoms with Crippen LogP contribution in [0.1, 0.15) is 11.3 Å². The minimum atomic E-state index is -3.80. The van der Waals surface area contributed by atoms with E-state index < -0.39 is 10.0 Å². The average Bonchev–Trinajstić information content (AvgIpc) is 2.57. The molecule has 108 valence electrons. The number of rotatable bonds is 3. The normalized spacial score (nSPS) is 11.7. The van der Waals surface area contributed by atoms with Crippen LogP contribution in [0.3, 0.4) is 0 Å². The molecule has 0 amide bonds. The van der Waals surface area contributed by atoms with E-state index in [1.807, 2.05) is 0 Å². The van der Waals surface area contributed by atoms with E-state index in [0.29, 0.717) is 16.4 Å². The number of aromatic nitrogens is 2. The van der Waals surface area contributed by atoms with Crippen LogP contribution in [0.5, 0.6) is 0 Å². The van der Waals surface area contributed by atoms with Gasteiger partial charge >= 0.3 is 0 Å². The summed E-state index contributed by atoms with van der Waals surface area (Å²) in [5, 5.41) is 4.61. The summed E-state index contributed by atoms with van der Waals surface area (Å²) >= 11 is 11.8. The first-order valence-corrected chi connectivity index (χ1v) is 7.94. The zero-order valence-corrected chi connectivity index (χ0v) is 13.4. The average molecular weight is 334 g/mol. The first-order valence-electron chi connectivity index (χ1n) is 5.70. The number of halogens is 2. The molecule has 2 aromatic rings. The van der Waals surface area contributed by atoms with Gasteiger partial charge in [0.2, 0.25) is 0 Å². The zero-order chi connectivity index (χ0) is 15.1. The Hall–Kier alpha value is -1.24. The molecule has 0 aliphatic heterocycles. The lowest BCUT2D eigenvalue weighted by Crippen LogP contribution is -2.14. The Labute approximate surface area is 127 Å². The lowest BCUT2D eigenvalue weighted by molar-refractivity contribution is 0.600. The van der Waals surface area contributed by atoms with E-state index in [9.17, 15) is 8.42 Å². The molecule has 0 fully saturated rings. The van der Waals surface area contributed by atoms with Gasteiger partial charge in [0.25, 0.3) is 10.0 Å². The molecule has 0 aliphatic carbocycles. The van der Waals surface area contributed by atoms with E-state index in [1.54, 1.807) is 39.1 Å². The lowest BCUT2D eigenvalue weighted by Gasteiger charge is -2.10. The maximum Gasteiger partial charge on any atom is 0.266 e. The summed E-state index contributed by atoms with van der Waals surface area (Å²) in [6.45, 7) is 3.36. The summed E-state index contributed by atoms with van der Waals surface area (Å²) in [4.78, 5) is -0.0176. The molecule has 5 nitrogen and oxygen atoms in total. The van der Waals surface area contributed by atoms with Crippen LogP contribution in [-0.4, -0.2) is 18.2 Å². The number of nitrogens with one attached hydrogen (secondary N) is 1. The van der Waals surface area contributed by atoms with Crippen LogP contribution < -0.4 is 4.72 Å². The Morgan fingerprint density at radius 1 is 1.25 bits per heavy atom. The molecule has 1 aromatic carbocycles. The highest BCUT2D eigenvalue weighted by atomic mass is 35.5. The van der Waals surface area contributed by atoms with Crippen molar-refractivity contribution in [2.24, 2.45) is 7.05 Å². The van der Waals surface area contributed by atoms with Gasteiger partial charge in [0.05, 0.1) is 11.4 Å². The topological polar surface area (TPSA) is 64.0 Å². The van der Waals surface area contributed by atoms with Crippen LogP contribution in [0.15, 0.2) is 23.1 Å². The lowest BCUT2D eigenvalue weighted by atomic mass is 10.2. The van der Waals surface area contributed by atoms with Gasteiger partial charge < -0.3 is 0 Å². The fourth-order valence-electron chi connectivity index (χ4n) is 1.85. The zero-order valence-electron chi connectivity index (χ0n) is 11.1. The summed E-state index contributed by atoms with van der Waals surface area (Å²) in [5.74, 6) is 0. The van der Waals surface area contributed by atoms with Crippen molar-refractivity contribution in [3.8, 4) is 0 Å². The second kappa shape index (κ2) is 5.27. The quantitative estimate of drug-likeness (QED) is 0.938. The molecule has 1 heterocycles. The van der Waals surface area contributed by atoms with Crippen LogP contribution in [-0.2, 0) is 17.1 Å². The predicted molar refractivity (Wildman–Crippen MR) is 80.0 cm³/mol. The summed E-state index contributed by atoms with van der Waals surface area (Å²) in [5.41, 5.74) is 1.52. The Bertz CT molecular complexity index is 769. The molecule has 0 aliphatic rings. The fraction of sp³-hybridized carbons (Fsp3) is 0.250. The van der Waals surface area contributed by atoms with Crippen molar-refractivity contribution in [1.29, 1.82) is 0 Å². The highest BCUT2D eigenvalue weighted by Gasteiger charge is 2.25. The molecule has 20 heavy (non-hydrogen) atoms. The molecule has 2 rings (SSSR count). The number of benzene rings is 1. The molecule has 0 radical (unpaired) electrons. The highest BCUT2D eigenvalue weighted by molar-refractivity contribution is 7.92. The second-order valence-corrected chi connectivity index (χ2v) is 6.81. The van der Waals surface area contributed by atoms with Crippen LogP contribution >= 0.6 is 23.2 Å². The largest absolute Gasteiger partial charge is 0.279 e. The van der Waals surface area contributed by atoms with Crippen LogP contribution in [0, 0.1) is 13.8 Å². The maximum atomic E-state index is 12.4. The van der Waals surface area contributed by atoms with Crippen molar-refractivity contribution in [2.75, 3.05) is 4.72 Å². The van der Waals surface area contributed by atoms with E-state index >= 15 is 0 Å². The van der Waals surface area contributed by atoms with Gasteiger partial charge in [-0.2, -0.15) is 5.10 Å². The SMILES string of the molecule is Cc1cc(Cl)ccc1NS(=O)(=O)c1c(C)nn(C)c1Cl. The molecule has 0 unspecified atom stereocenters. The van der Waals surface area contributed by atoms with Gasteiger partial charge in [0, 0.05) is 12.1 Å². The first kappa shape index (κ1) is 15.2. The number of anilines is 1. The molecule has 1 N–H and O–H groups in total. The van der Waals surface area contributed by atoms with E-state index in [4.69, 9.17) is 23.2 Å². The van der Waals surface area contributed by atoms with Crippen molar-refractivity contribution in [2.45, 2.75) is 18.7 Å². The van der Waals surface area contributed by atoms with Crippen LogP contribution in [0.4, 0.5) is 5.69 Å². The molecular formula is C12H13Cl2N3O2S. The molecule has 0 atom stereocenters. The molecular weight excluding hydrogens is 321 g/mol. The third-order valence-electron chi connectivity index (χ3n) is 2.80. The summed E-state index contributed by atoms with van der Waals surface area (Å²) in [7, 11) is -2.21. The molecule has 1 aromatic heterocycles. The molecule has 8 heteroatoms. The minimum absolute atomic E-state index is 0.0176. The van der Waals surface area contributed by atoms with Gasteiger partial charge in [-0.1, -0.05) is 23.2 Å². The van der Waals surface area contributed by atoms with Crippen molar-refractivity contribution >= 4 is 38.9 Å². The standard InChI is InChI=1S/C12H13Cl2N3O2S/c1-7-6-9(13)4-5-10(7)16-20(18,19)11-8(2)15-17(3)12(11)14/h4-6,16H,1-3H3. The monoisotopic (exact) mass is 333 g/mol.